The van der Waals surface area contributed by atoms with Gasteiger partial charge in [-0.3, -0.25) is 4.79 Å². The Labute approximate surface area is 103 Å². The third-order valence-electron chi connectivity index (χ3n) is 2.62. The van der Waals surface area contributed by atoms with Gasteiger partial charge >= 0.3 is 0 Å². The van der Waals surface area contributed by atoms with Crippen molar-refractivity contribution in [2.24, 2.45) is 0 Å². The van der Waals surface area contributed by atoms with Gasteiger partial charge in [0.1, 0.15) is 0 Å². The summed E-state index contributed by atoms with van der Waals surface area (Å²) in [6.45, 7) is 5.70. The molecule has 1 rings (SSSR count). The first-order valence-electron chi connectivity index (χ1n) is 5.94. The van der Waals surface area contributed by atoms with Crippen LogP contribution in [0.1, 0.15) is 32.0 Å². The van der Waals surface area contributed by atoms with E-state index in [0.717, 1.165) is 12.2 Å². The summed E-state index contributed by atoms with van der Waals surface area (Å²) in [4.78, 5) is 17.1. The maximum atomic E-state index is 11.3. The van der Waals surface area contributed by atoms with E-state index in [9.17, 15) is 4.79 Å². The van der Waals surface area contributed by atoms with Gasteiger partial charge in [0.15, 0.2) is 0 Å². The van der Waals surface area contributed by atoms with Crippen molar-refractivity contribution in [1.82, 2.24) is 19.8 Å². The highest BCUT2D eigenvalue weighted by Crippen LogP contribution is 2.08. The highest BCUT2D eigenvalue weighted by molar-refractivity contribution is 5.75. The zero-order valence-corrected chi connectivity index (χ0v) is 11.1. The van der Waals surface area contributed by atoms with Crippen LogP contribution >= 0.6 is 0 Å². The molecule has 0 radical (unpaired) electrons. The van der Waals surface area contributed by atoms with E-state index < -0.39 is 0 Å². The first-order chi connectivity index (χ1) is 8.02. The Bertz CT molecular complexity index is 357. The average molecular weight is 238 g/mol. The van der Waals surface area contributed by atoms with Gasteiger partial charge in [-0.2, -0.15) is 0 Å². The fraction of sp³-hybridized carbons (Fsp3) is 0.667. The quantitative estimate of drug-likeness (QED) is 0.753. The lowest BCUT2D eigenvalue weighted by Gasteiger charge is -2.13. The Kier molecular flexibility index (Phi) is 5.15. The number of hydrogen-bond donors (Lipinski definition) is 1. The molecule has 1 amide bonds. The van der Waals surface area contributed by atoms with Crippen molar-refractivity contribution in [2.45, 2.75) is 32.9 Å². The van der Waals surface area contributed by atoms with Gasteiger partial charge in [-0.1, -0.05) is 0 Å². The smallest absolute Gasteiger partial charge is 0.223 e. The summed E-state index contributed by atoms with van der Waals surface area (Å²) in [7, 11) is 3.55. The molecule has 0 spiro atoms. The molecule has 0 bridgehead atoms. The first kappa shape index (κ1) is 13.7. The summed E-state index contributed by atoms with van der Waals surface area (Å²) in [5.74, 6) is 0.148. The molecule has 96 valence electrons. The van der Waals surface area contributed by atoms with E-state index >= 15 is 0 Å². The van der Waals surface area contributed by atoms with Crippen molar-refractivity contribution in [3.63, 3.8) is 0 Å². The molecule has 0 aromatic carbocycles. The lowest BCUT2D eigenvalue weighted by Crippen LogP contribution is -2.27. The van der Waals surface area contributed by atoms with E-state index in [4.69, 9.17) is 0 Å². The second kappa shape index (κ2) is 6.39. The summed E-state index contributed by atoms with van der Waals surface area (Å²) in [6, 6.07) is 0.415. The molecule has 1 N–H and O–H groups in total. The molecule has 1 aromatic rings. The Balaban J connectivity index is 2.31. The molecule has 17 heavy (non-hydrogen) atoms. The largest absolute Gasteiger partial charge is 0.349 e. The molecule has 0 aliphatic rings. The highest BCUT2D eigenvalue weighted by atomic mass is 16.2. The van der Waals surface area contributed by atoms with Crippen LogP contribution in [0.2, 0.25) is 0 Å². The topological polar surface area (TPSA) is 50.2 Å². The van der Waals surface area contributed by atoms with E-state index in [0.29, 0.717) is 19.0 Å². The normalized spacial score (nSPS) is 10.9. The molecule has 0 saturated heterocycles. The van der Waals surface area contributed by atoms with Gasteiger partial charge in [0.05, 0.1) is 12.0 Å². The van der Waals surface area contributed by atoms with Gasteiger partial charge in [-0.25, -0.2) is 4.98 Å². The molecule has 1 aromatic heterocycles. The Morgan fingerprint density at radius 2 is 2.24 bits per heavy atom. The number of carbonyl (C=O) groups is 1. The van der Waals surface area contributed by atoms with E-state index in [-0.39, 0.29) is 5.91 Å². The predicted octanol–water partition coefficient (Wildman–Crippen LogP) is 1.03. The van der Waals surface area contributed by atoms with Crippen molar-refractivity contribution >= 4 is 5.91 Å². The third-order valence-corrected chi connectivity index (χ3v) is 2.62. The van der Waals surface area contributed by atoms with Gasteiger partial charge in [-0.05, 0) is 13.8 Å². The molecule has 0 fully saturated rings. The summed E-state index contributed by atoms with van der Waals surface area (Å²) < 4.78 is 2.13. The lowest BCUT2D eigenvalue weighted by atomic mass is 10.3. The molecule has 0 unspecified atom stereocenters. The Hall–Kier alpha value is -1.36. The SMILES string of the molecule is CC(C)n1cncc1CNCCC(=O)N(C)C. The van der Waals surface area contributed by atoms with Crippen LogP contribution in [0.5, 0.6) is 0 Å². The monoisotopic (exact) mass is 238 g/mol. The van der Waals surface area contributed by atoms with Crippen LogP contribution in [0.25, 0.3) is 0 Å². The van der Waals surface area contributed by atoms with Gasteiger partial charge in [0, 0.05) is 45.8 Å². The van der Waals surface area contributed by atoms with Crippen molar-refractivity contribution < 1.29 is 4.79 Å². The van der Waals surface area contributed by atoms with E-state index in [1.54, 1.807) is 19.0 Å². The number of nitrogens with zero attached hydrogens (tertiary/aromatic N) is 3. The highest BCUT2D eigenvalue weighted by Gasteiger charge is 2.06. The third kappa shape index (κ3) is 4.19. The summed E-state index contributed by atoms with van der Waals surface area (Å²) >= 11 is 0. The maximum absolute atomic E-state index is 11.3. The van der Waals surface area contributed by atoms with Crippen molar-refractivity contribution in [3.05, 3.63) is 18.2 Å². The fourth-order valence-electron chi connectivity index (χ4n) is 1.57. The number of imidazole rings is 1. The second-order valence-electron chi connectivity index (χ2n) is 4.60. The summed E-state index contributed by atoms with van der Waals surface area (Å²) in [5.41, 5.74) is 1.15. The van der Waals surface area contributed by atoms with Crippen LogP contribution in [0.15, 0.2) is 12.5 Å². The minimum atomic E-state index is 0.148. The Morgan fingerprint density at radius 1 is 1.53 bits per heavy atom. The van der Waals surface area contributed by atoms with Gasteiger partial charge < -0.3 is 14.8 Å². The van der Waals surface area contributed by atoms with Crippen LogP contribution in [-0.2, 0) is 11.3 Å². The van der Waals surface area contributed by atoms with Gasteiger partial charge in [-0.15, -0.1) is 0 Å². The van der Waals surface area contributed by atoms with Crippen molar-refractivity contribution in [1.29, 1.82) is 0 Å². The van der Waals surface area contributed by atoms with Crippen LogP contribution < -0.4 is 5.32 Å². The average Bonchev–Trinajstić information content (AvgIpc) is 2.72. The molecular formula is C12H22N4O. The predicted molar refractivity (Wildman–Crippen MR) is 67.6 cm³/mol. The molecule has 0 aliphatic carbocycles. The van der Waals surface area contributed by atoms with Gasteiger partial charge in [0.25, 0.3) is 0 Å². The zero-order chi connectivity index (χ0) is 12.8. The minimum Gasteiger partial charge on any atom is -0.349 e. The van der Waals surface area contributed by atoms with Crippen LogP contribution in [0.4, 0.5) is 0 Å². The second-order valence-corrected chi connectivity index (χ2v) is 4.60. The fourth-order valence-corrected chi connectivity index (χ4v) is 1.57. The van der Waals surface area contributed by atoms with Crippen molar-refractivity contribution in [3.8, 4) is 0 Å². The van der Waals surface area contributed by atoms with Crippen LogP contribution in [0.3, 0.4) is 0 Å². The molecular weight excluding hydrogens is 216 g/mol. The van der Waals surface area contributed by atoms with Gasteiger partial charge in [0.2, 0.25) is 5.91 Å². The van der Waals surface area contributed by atoms with E-state index in [1.165, 1.54) is 0 Å². The number of aromatic nitrogens is 2. The maximum Gasteiger partial charge on any atom is 0.223 e. The molecule has 0 atom stereocenters. The molecule has 5 nitrogen and oxygen atoms in total. The lowest BCUT2D eigenvalue weighted by molar-refractivity contribution is -0.128. The molecule has 0 saturated carbocycles. The summed E-state index contributed by atoms with van der Waals surface area (Å²) in [5, 5.41) is 3.26. The molecule has 1 heterocycles. The number of amides is 1. The van der Waals surface area contributed by atoms with Crippen LogP contribution in [-0.4, -0.2) is 41.0 Å². The van der Waals surface area contributed by atoms with Crippen molar-refractivity contribution in [2.75, 3.05) is 20.6 Å². The molecule has 0 aliphatic heterocycles. The first-order valence-corrected chi connectivity index (χ1v) is 5.94. The number of rotatable bonds is 6. The number of hydrogen-bond acceptors (Lipinski definition) is 3. The molecule has 5 heteroatoms. The number of carbonyl (C=O) groups excluding carboxylic acids is 1. The minimum absolute atomic E-state index is 0.148. The Morgan fingerprint density at radius 3 is 2.82 bits per heavy atom. The standard InChI is InChI=1S/C12H22N4O/c1-10(2)16-9-14-8-11(16)7-13-6-5-12(17)15(3)4/h8-10,13H,5-7H2,1-4H3. The van der Waals surface area contributed by atoms with E-state index in [2.05, 4.69) is 28.7 Å². The van der Waals surface area contributed by atoms with Crippen LogP contribution in [0, 0.1) is 0 Å². The number of nitrogens with one attached hydrogen (secondary N) is 1. The van der Waals surface area contributed by atoms with E-state index in [1.807, 2.05) is 12.5 Å². The summed E-state index contributed by atoms with van der Waals surface area (Å²) in [6.07, 6.45) is 4.23. The zero-order valence-electron chi connectivity index (χ0n) is 11.1.